The zero-order valence-electron chi connectivity index (χ0n) is 17.4. The number of hydrogen-bond acceptors (Lipinski definition) is 5. The molecule has 7 heteroatoms. The van der Waals surface area contributed by atoms with E-state index in [0.717, 1.165) is 22.4 Å². The van der Waals surface area contributed by atoms with E-state index in [0.29, 0.717) is 41.3 Å². The summed E-state index contributed by atoms with van der Waals surface area (Å²) < 4.78 is 17.0. The first-order chi connectivity index (χ1) is 15.1. The molecule has 0 saturated heterocycles. The van der Waals surface area contributed by atoms with Gasteiger partial charge in [-0.15, -0.1) is 0 Å². The lowest BCUT2D eigenvalue weighted by Gasteiger charge is -2.14. The van der Waals surface area contributed by atoms with Crippen LogP contribution in [0.3, 0.4) is 0 Å². The molecule has 3 aromatic rings. The number of benzene rings is 3. The summed E-state index contributed by atoms with van der Waals surface area (Å²) in [6, 6.07) is 18.9. The van der Waals surface area contributed by atoms with E-state index in [1.165, 1.54) is 0 Å². The first kappa shape index (κ1) is 22.8. The summed E-state index contributed by atoms with van der Waals surface area (Å²) in [7, 11) is 1.65. The molecule has 0 aliphatic heterocycles. The van der Waals surface area contributed by atoms with E-state index in [2.05, 4.69) is 10.5 Å². The molecule has 0 saturated carbocycles. The van der Waals surface area contributed by atoms with Crippen molar-refractivity contribution in [3.05, 3.63) is 87.4 Å². The van der Waals surface area contributed by atoms with Crippen molar-refractivity contribution in [2.24, 2.45) is 5.10 Å². The maximum absolute atomic E-state index is 6.49. The largest absolute Gasteiger partial charge is 0.496 e. The van der Waals surface area contributed by atoms with Crippen LogP contribution in [0.4, 0.5) is 0 Å². The van der Waals surface area contributed by atoms with Gasteiger partial charge in [-0.25, -0.2) is 0 Å². The van der Waals surface area contributed by atoms with Crippen LogP contribution in [0.2, 0.25) is 10.0 Å². The number of hydrogen-bond donors (Lipinski definition) is 1. The fourth-order valence-corrected chi connectivity index (χ4v) is 3.43. The van der Waals surface area contributed by atoms with Gasteiger partial charge in [0.05, 0.1) is 31.5 Å². The highest BCUT2D eigenvalue weighted by molar-refractivity contribution is 6.32. The van der Waals surface area contributed by atoms with Crippen LogP contribution in [0.1, 0.15) is 23.6 Å². The molecule has 0 fully saturated rings. The average molecular weight is 459 g/mol. The molecule has 0 unspecified atom stereocenters. The van der Waals surface area contributed by atoms with Crippen LogP contribution in [0.5, 0.6) is 17.2 Å². The first-order valence-corrected chi connectivity index (χ1v) is 10.6. The number of rotatable bonds is 10. The highest BCUT2D eigenvalue weighted by atomic mass is 35.5. The van der Waals surface area contributed by atoms with Crippen molar-refractivity contribution in [1.29, 1.82) is 0 Å². The molecule has 162 valence electrons. The number of ether oxygens (including phenoxy) is 3. The Kier molecular flexibility index (Phi) is 8.44. The molecule has 0 heterocycles. The molecular weight excluding hydrogens is 435 g/mol. The monoisotopic (exact) mass is 458 g/mol. The normalized spacial score (nSPS) is 10.8. The lowest BCUT2D eigenvalue weighted by atomic mass is 10.2. The average Bonchev–Trinajstić information content (AvgIpc) is 2.76. The zero-order chi connectivity index (χ0) is 22.1. The Labute approximate surface area is 192 Å². The minimum atomic E-state index is 0.328. The highest BCUT2D eigenvalue weighted by Gasteiger charge is 2.13. The minimum Gasteiger partial charge on any atom is -0.496 e. The van der Waals surface area contributed by atoms with Crippen LogP contribution in [0.25, 0.3) is 0 Å². The summed E-state index contributed by atoms with van der Waals surface area (Å²) in [6.45, 7) is 3.25. The molecule has 0 spiro atoms. The number of para-hydroxylation sites is 1. The molecule has 5 nitrogen and oxygen atoms in total. The Morgan fingerprint density at radius 3 is 2.58 bits per heavy atom. The van der Waals surface area contributed by atoms with E-state index in [4.69, 9.17) is 37.4 Å². The van der Waals surface area contributed by atoms with E-state index in [-0.39, 0.29) is 0 Å². The number of methoxy groups -OCH3 is 1. The van der Waals surface area contributed by atoms with Crippen LogP contribution in [-0.2, 0) is 13.2 Å². The molecule has 0 bridgehead atoms. The number of nitrogens with zero attached hydrogens (tertiary/aromatic N) is 1. The standard InChI is InChI=1S/C24H24Cl2N2O3/c1-3-30-23-13-18(14-27-28-15-19-8-4-5-10-22(19)29-2)12-21(26)24(23)31-16-17-7-6-9-20(25)11-17/h4-14,28H,3,15-16H2,1-2H3/b27-14-. The summed E-state index contributed by atoms with van der Waals surface area (Å²) in [5.74, 6) is 1.86. The molecule has 0 atom stereocenters. The smallest absolute Gasteiger partial charge is 0.180 e. The summed E-state index contributed by atoms with van der Waals surface area (Å²) in [5.41, 5.74) is 5.77. The molecule has 0 aliphatic carbocycles. The van der Waals surface area contributed by atoms with Gasteiger partial charge in [-0.05, 0) is 48.4 Å². The van der Waals surface area contributed by atoms with E-state index in [9.17, 15) is 0 Å². The number of nitrogens with one attached hydrogen (secondary N) is 1. The van der Waals surface area contributed by atoms with Crippen LogP contribution >= 0.6 is 23.2 Å². The van der Waals surface area contributed by atoms with Crippen molar-refractivity contribution in [2.75, 3.05) is 13.7 Å². The third-order valence-corrected chi connectivity index (χ3v) is 4.89. The van der Waals surface area contributed by atoms with Gasteiger partial charge in [0, 0.05) is 10.6 Å². The molecular formula is C24H24Cl2N2O3. The first-order valence-electron chi connectivity index (χ1n) is 9.82. The molecule has 0 amide bonds. The van der Waals surface area contributed by atoms with Gasteiger partial charge < -0.3 is 19.6 Å². The molecule has 31 heavy (non-hydrogen) atoms. The quantitative estimate of drug-likeness (QED) is 0.294. The summed E-state index contributed by atoms with van der Waals surface area (Å²) in [5, 5.41) is 5.39. The Morgan fingerprint density at radius 1 is 0.968 bits per heavy atom. The zero-order valence-corrected chi connectivity index (χ0v) is 18.9. The summed E-state index contributed by atoms with van der Waals surface area (Å²) in [4.78, 5) is 0. The topological polar surface area (TPSA) is 52.1 Å². The Balaban J connectivity index is 1.69. The van der Waals surface area contributed by atoms with Crippen LogP contribution in [0, 0.1) is 0 Å². The lowest BCUT2D eigenvalue weighted by Crippen LogP contribution is -2.07. The molecule has 0 aromatic heterocycles. The second kappa shape index (κ2) is 11.5. The fourth-order valence-electron chi connectivity index (χ4n) is 2.95. The third-order valence-electron chi connectivity index (χ3n) is 4.37. The van der Waals surface area contributed by atoms with Gasteiger partial charge in [0.25, 0.3) is 0 Å². The van der Waals surface area contributed by atoms with E-state index < -0.39 is 0 Å². The van der Waals surface area contributed by atoms with Crippen molar-refractivity contribution in [1.82, 2.24) is 5.43 Å². The second-order valence-electron chi connectivity index (χ2n) is 6.59. The van der Waals surface area contributed by atoms with E-state index in [1.807, 2.05) is 61.5 Å². The van der Waals surface area contributed by atoms with Crippen molar-refractivity contribution in [3.8, 4) is 17.2 Å². The highest BCUT2D eigenvalue weighted by Crippen LogP contribution is 2.37. The maximum Gasteiger partial charge on any atom is 0.180 e. The van der Waals surface area contributed by atoms with Gasteiger partial charge in [0.2, 0.25) is 0 Å². The minimum absolute atomic E-state index is 0.328. The molecule has 0 aliphatic rings. The van der Waals surface area contributed by atoms with Crippen molar-refractivity contribution in [3.63, 3.8) is 0 Å². The van der Waals surface area contributed by atoms with E-state index >= 15 is 0 Å². The van der Waals surface area contributed by atoms with Crippen LogP contribution in [0.15, 0.2) is 65.8 Å². The Bertz CT molecular complexity index is 1040. The predicted octanol–water partition coefficient (Wildman–Crippen LogP) is 6.10. The van der Waals surface area contributed by atoms with Gasteiger partial charge in [0.1, 0.15) is 12.4 Å². The van der Waals surface area contributed by atoms with Crippen LogP contribution < -0.4 is 19.6 Å². The van der Waals surface area contributed by atoms with E-state index in [1.54, 1.807) is 19.4 Å². The third kappa shape index (κ3) is 6.54. The fraction of sp³-hybridized carbons (Fsp3) is 0.208. The SMILES string of the molecule is CCOc1cc(/C=N\NCc2ccccc2OC)cc(Cl)c1OCc1cccc(Cl)c1. The summed E-state index contributed by atoms with van der Waals surface area (Å²) >= 11 is 12.5. The van der Waals surface area contributed by atoms with Gasteiger partial charge >= 0.3 is 0 Å². The predicted molar refractivity (Wildman–Crippen MR) is 126 cm³/mol. The Morgan fingerprint density at radius 2 is 1.81 bits per heavy atom. The second-order valence-corrected chi connectivity index (χ2v) is 7.43. The van der Waals surface area contributed by atoms with Crippen molar-refractivity contribution < 1.29 is 14.2 Å². The lowest BCUT2D eigenvalue weighted by molar-refractivity contribution is 0.269. The van der Waals surface area contributed by atoms with Gasteiger partial charge in [-0.2, -0.15) is 5.10 Å². The molecule has 3 aromatic carbocycles. The van der Waals surface area contributed by atoms with Gasteiger partial charge in [0.15, 0.2) is 11.5 Å². The number of halogens is 2. The summed E-state index contributed by atoms with van der Waals surface area (Å²) in [6.07, 6.45) is 1.69. The maximum atomic E-state index is 6.49. The van der Waals surface area contributed by atoms with Gasteiger partial charge in [-0.1, -0.05) is 53.5 Å². The number of hydrazone groups is 1. The molecule has 3 rings (SSSR count). The van der Waals surface area contributed by atoms with Gasteiger partial charge in [-0.3, -0.25) is 0 Å². The Hall–Kier alpha value is -2.89. The van der Waals surface area contributed by atoms with Crippen molar-refractivity contribution >= 4 is 29.4 Å². The van der Waals surface area contributed by atoms with Crippen LogP contribution in [-0.4, -0.2) is 19.9 Å². The van der Waals surface area contributed by atoms with Crippen molar-refractivity contribution in [2.45, 2.75) is 20.1 Å². The molecule has 1 N–H and O–H groups in total. The molecule has 0 radical (unpaired) electrons.